The van der Waals surface area contributed by atoms with E-state index in [2.05, 4.69) is 36.6 Å². The summed E-state index contributed by atoms with van der Waals surface area (Å²) in [4.78, 5) is 24.0. The molecular weight excluding hydrogens is 378 g/mol. The summed E-state index contributed by atoms with van der Waals surface area (Å²) in [5.74, 6) is 1.01. The Bertz CT molecular complexity index is 846. The fraction of sp³-hybridized carbons (Fsp3) is 0.696. The number of nitrogens with zero attached hydrogens (tertiary/aromatic N) is 5. The van der Waals surface area contributed by atoms with Crippen molar-refractivity contribution in [3.05, 3.63) is 22.4 Å². The SMILES string of the molecule is CCc1nc(N2CCN(C(=O)CN3CCCC3)CC2)c(C#N)c2c1COC(C)(C)C2. The maximum Gasteiger partial charge on any atom is 0.236 e. The van der Waals surface area contributed by atoms with Crippen LogP contribution in [0, 0.1) is 11.3 Å². The minimum absolute atomic E-state index is 0.226. The van der Waals surface area contributed by atoms with Crippen molar-refractivity contribution in [2.75, 3.05) is 50.7 Å². The maximum atomic E-state index is 12.7. The molecule has 1 aromatic rings. The Labute approximate surface area is 179 Å². The molecule has 0 radical (unpaired) electrons. The lowest BCUT2D eigenvalue weighted by Gasteiger charge is -2.38. The molecular formula is C23H33N5O2. The Balaban J connectivity index is 1.52. The van der Waals surface area contributed by atoms with E-state index in [0.717, 1.165) is 61.7 Å². The summed E-state index contributed by atoms with van der Waals surface area (Å²) >= 11 is 0. The van der Waals surface area contributed by atoms with Crippen LogP contribution < -0.4 is 4.90 Å². The Kier molecular flexibility index (Phi) is 5.99. The van der Waals surface area contributed by atoms with Crippen molar-refractivity contribution in [3.8, 4) is 6.07 Å². The molecule has 4 heterocycles. The lowest BCUT2D eigenvalue weighted by Crippen LogP contribution is -2.51. The Morgan fingerprint density at radius 2 is 1.83 bits per heavy atom. The fourth-order valence-electron chi connectivity index (χ4n) is 4.86. The average Bonchev–Trinajstić information content (AvgIpc) is 3.25. The Morgan fingerprint density at radius 1 is 1.13 bits per heavy atom. The molecule has 0 unspecified atom stereocenters. The standard InChI is InChI=1S/C23H33N5O2/c1-4-20-19-16-30-23(2,3)13-17(19)18(14-24)22(25-20)28-11-9-27(10-12-28)21(29)15-26-7-5-6-8-26/h4-13,15-16H2,1-3H3. The number of aromatic nitrogens is 1. The van der Waals surface area contributed by atoms with Crippen LogP contribution in [0.5, 0.6) is 0 Å². The smallest absolute Gasteiger partial charge is 0.236 e. The van der Waals surface area contributed by atoms with E-state index in [-0.39, 0.29) is 11.5 Å². The summed E-state index contributed by atoms with van der Waals surface area (Å²) in [6, 6.07) is 2.45. The number of hydrogen-bond acceptors (Lipinski definition) is 6. The van der Waals surface area contributed by atoms with Crippen LogP contribution in [0.1, 0.15) is 56.0 Å². The monoisotopic (exact) mass is 411 g/mol. The number of amides is 1. The lowest BCUT2D eigenvalue weighted by atomic mass is 9.87. The van der Waals surface area contributed by atoms with Crippen molar-refractivity contribution >= 4 is 11.7 Å². The van der Waals surface area contributed by atoms with Crippen LogP contribution in [-0.4, -0.2) is 72.1 Å². The lowest BCUT2D eigenvalue weighted by molar-refractivity contribution is -0.132. The van der Waals surface area contributed by atoms with Gasteiger partial charge in [0.05, 0.1) is 24.3 Å². The topological polar surface area (TPSA) is 72.7 Å². The molecule has 2 saturated heterocycles. The van der Waals surface area contributed by atoms with E-state index in [4.69, 9.17) is 9.72 Å². The van der Waals surface area contributed by atoms with E-state index in [9.17, 15) is 10.1 Å². The highest BCUT2D eigenvalue weighted by Crippen LogP contribution is 2.35. The van der Waals surface area contributed by atoms with Gasteiger partial charge < -0.3 is 14.5 Å². The zero-order chi connectivity index (χ0) is 21.3. The molecule has 0 aromatic carbocycles. The second kappa shape index (κ2) is 8.52. The molecule has 7 heteroatoms. The van der Waals surface area contributed by atoms with Gasteiger partial charge in [0.15, 0.2) is 0 Å². The molecule has 2 fully saturated rings. The van der Waals surface area contributed by atoms with Crippen LogP contribution in [0.4, 0.5) is 5.82 Å². The van der Waals surface area contributed by atoms with Gasteiger partial charge in [-0.25, -0.2) is 4.98 Å². The van der Waals surface area contributed by atoms with Crippen molar-refractivity contribution in [2.24, 2.45) is 0 Å². The predicted octanol–water partition coefficient (Wildman–Crippen LogP) is 2.11. The minimum Gasteiger partial charge on any atom is -0.370 e. The van der Waals surface area contributed by atoms with Crippen LogP contribution in [0.15, 0.2) is 0 Å². The van der Waals surface area contributed by atoms with Crippen molar-refractivity contribution in [1.29, 1.82) is 5.26 Å². The number of piperazine rings is 1. The van der Waals surface area contributed by atoms with Crippen molar-refractivity contribution in [3.63, 3.8) is 0 Å². The number of carbonyl (C=O) groups excluding carboxylic acids is 1. The van der Waals surface area contributed by atoms with Gasteiger partial charge in [-0.05, 0) is 51.8 Å². The number of nitriles is 1. The maximum absolute atomic E-state index is 12.7. The molecule has 0 spiro atoms. The molecule has 162 valence electrons. The summed E-state index contributed by atoms with van der Waals surface area (Å²) in [5, 5.41) is 10.0. The fourth-order valence-corrected chi connectivity index (χ4v) is 4.86. The van der Waals surface area contributed by atoms with Crippen LogP contribution in [0.2, 0.25) is 0 Å². The largest absolute Gasteiger partial charge is 0.370 e. The van der Waals surface area contributed by atoms with Crippen LogP contribution in [0.25, 0.3) is 0 Å². The van der Waals surface area contributed by atoms with Crippen molar-refractivity contribution < 1.29 is 9.53 Å². The van der Waals surface area contributed by atoms with Gasteiger partial charge in [0.25, 0.3) is 0 Å². The Hall–Kier alpha value is -2.17. The van der Waals surface area contributed by atoms with Gasteiger partial charge in [-0.2, -0.15) is 5.26 Å². The number of rotatable bonds is 4. The molecule has 1 amide bonds. The molecule has 4 rings (SSSR count). The van der Waals surface area contributed by atoms with Gasteiger partial charge in [-0.3, -0.25) is 9.69 Å². The van der Waals surface area contributed by atoms with Gasteiger partial charge in [0.2, 0.25) is 5.91 Å². The first kappa shape index (κ1) is 21.1. The van der Waals surface area contributed by atoms with Gasteiger partial charge in [0, 0.05) is 43.9 Å². The highest BCUT2D eigenvalue weighted by molar-refractivity contribution is 5.78. The summed E-state index contributed by atoms with van der Waals surface area (Å²) in [6.07, 6.45) is 3.94. The summed E-state index contributed by atoms with van der Waals surface area (Å²) in [5.41, 5.74) is 3.64. The highest BCUT2D eigenvalue weighted by Gasteiger charge is 2.33. The zero-order valence-corrected chi connectivity index (χ0v) is 18.5. The number of hydrogen-bond donors (Lipinski definition) is 0. The average molecular weight is 412 g/mol. The minimum atomic E-state index is -0.275. The van der Waals surface area contributed by atoms with Gasteiger partial charge in [-0.1, -0.05) is 6.92 Å². The first-order valence-electron chi connectivity index (χ1n) is 11.3. The molecule has 1 aromatic heterocycles. The van der Waals surface area contributed by atoms with Gasteiger partial charge in [-0.15, -0.1) is 0 Å². The Morgan fingerprint density at radius 3 is 2.47 bits per heavy atom. The molecule has 0 N–H and O–H groups in total. The molecule has 3 aliphatic rings. The first-order valence-corrected chi connectivity index (χ1v) is 11.3. The zero-order valence-electron chi connectivity index (χ0n) is 18.5. The number of carbonyl (C=O) groups is 1. The predicted molar refractivity (Wildman–Crippen MR) is 115 cm³/mol. The van der Waals surface area contributed by atoms with Crippen molar-refractivity contribution in [1.82, 2.24) is 14.8 Å². The third-order valence-electron chi connectivity index (χ3n) is 6.62. The third-order valence-corrected chi connectivity index (χ3v) is 6.62. The second-order valence-electron chi connectivity index (χ2n) is 9.26. The van der Waals surface area contributed by atoms with Crippen LogP contribution in [-0.2, 0) is 29.0 Å². The summed E-state index contributed by atoms with van der Waals surface area (Å²) < 4.78 is 6.00. The number of anilines is 1. The number of aryl methyl sites for hydroxylation is 1. The molecule has 7 nitrogen and oxygen atoms in total. The van der Waals surface area contributed by atoms with Crippen molar-refractivity contribution in [2.45, 2.75) is 58.7 Å². The number of pyridine rings is 1. The van der Waals surface area contributed by atoms with Crippen LogP contribution in [0.3, 0.4) is 0 Å². The summed E-state index contributed by atoms with van der Waals surface area (Å²) in [7, 11) is 0. The molecule has 30 heavy (non-hydrogen) atoms. The first-order chi connectivity index (χ1) is 14.4. The highest BCUT2D eigenvalue weighted by atomic mass is 16.5. The third kappa shape index (κ3) is 4.17. The molecule has 0 aliphatic carbocycles. The molecule has 0 saturated carbocycles. The molecule has 3 aliphatic heterocycles. The normalized spacial score (nSPS) is 21.4. The quantitative estimate of drug-likeness (QED) is 0.756. The molecule has 0 atom stereocenters. The van der Waals surface area contributed by atoms with Crippen LogP contribution >= 0.6 is 0 Å². The van der Waals surface area contributed by atoms with E-state index in [1.165, 1.54) is 12.8 Å². The van der Waals surface area contributed by atoms with E-state index >= 15 is 0 Å². The van der Waals surface area contributed by atoms with E-state index < -0.39 is 0 Å². The second-order valence-corrected chi connectivity index (χ2v) is 9.26. The molecule has 0 bridgehead atoms. The van der Waals surface area contributed by atoms with E-state index in [1.54, 1.807) is 0 Å². The number of likely N-dealkylation sites (tertiary alicyclic amines) is 1. The van der Waals surface area contributed by atoms with Gasteiger partial charge in [0.1, 0.15) is 11.9 Å². The summed E-state index contributed by atoms with van der Waals surface area (Å²) in [6.45, 7) is 12.2. The van der Waals surface area contributed by atoms with Gasteiger partial charge >= 0.3 is 0 Å². The number of ether oxygens (including phenoxy) is 1. The number of fused-ring (bicyclic) bond motifs is 1. The van der Waals surface area contributed by atoms with E-state index in [1.807, 2.05) is 4.90 Å². The van der Waals surface area contributed by atoms with E-state index in [0.29, 0.717) is 31.8 Å².